The lowest BCUT2D eigenvalue weighted by Crippen LogP contribution is -2.46. The van der Waals surface area contributed by atoms with Gasteiger partial charge in [0.05, 0.1) is 6.61 Å². The summed E-state index contributed by atoms with van der Waals surface area (Å²) in [6.45, 7) is -0.708. The van der Waals surface area contributed by atoms with Gasteiger partial charge in [-0.05, 0) is 0 Å². The maximum Gasteiger partial charge on any atom is 0.184 e. The van der Waals surface area contributed by atoms with Gasteiger partial charge in [-0.25, -0.2) is 0 Å². The van der Waals surface area contributed by atoms with E-state index in [4.69, 9.17) is 20.4 Å². The van der Waals surface area contributed by atoms with Crippen molar-refractivity contribution < 1.29 is 35.4 Å². The number of rotatable bonds is 3. The third-order valence-corrected chi connectivity index (χ3v) is 2.19. The van der Waals surface area contributed by atoms with Crippen molar-refractivity contribution in [1.29, 1.82) is 0 Å². The Kier molecular flexibility index (Phi) is 3.78. The summed E-state index contributed by atoms with van der Waals surface area (Å²) in [5.74, 6) is 0. The highest BCUT2D eigenvalue weighted by atomic mass is 16.6. The Morgan fingerprint density at radius 3 is 2.00 bits per heavy atom. The Labute approximate surface area is 79.8 Å². The molecule has 6 atom stereocenters. The van der Waals surface area contributed by atoms with Gasteiger partial charge in [-0.2, -0.15) is 0 Å². The average Bonchev–Trinajstić information content (AvgIpc) is 2.43. The van der Waals surface area contributed by atoms with Crippen LogP contribution in [0.25, 0.3) is 0 Å². The molecule has 0 spiro atoms. The fourth-order valence-corrected chi connectivity index (χ4v) is 1.29. The zero-order valence-corrected chi connectivity index (χ0v) is 7.26. The second-order valence-electron chi connectivity index (χ2n) is 3.21. The summed E-state index contributed by atoms with van der Waals surface area (Å²) in [6, 6.07) is 0. The van der Waals surface area contributed by atoms with E-state index in [1.165, 1.54) is 0 Å². The van der Waals surface area contributed by atoms with Gasteiger partial charge in [0, 0.05) is 0 Å². The van der Waals surface area contributed by atoms with E-state index in [-0.39, 0.29) is 0 Å². The molecule has 1 aliphatic rings. The van der Waals surface area contributed by atoms with Crippen LogP contribution in [0.4, 0.5) is 0 Å². The van der Waals surface area contributed by atoms with Gasteiger partial charge in [-0.3, -0.25) is 0 Å². The quantitative estimate of drug-likeness (QED) is 0.281. The summed E-state index contributed by atoms with van der Waals surface area (Å²) < 4.78 is 4.61. The fourth-order valence-electron chi connectivity index (χ4n) is 1.29. The molecule has 1 saturated heterocycles. The lowest BCUT2D eigenvalue weighted by molar-refractivity contribution is -0.164. The first-order valence-electron chi connectivity index (χ1n) is 4.15. The Balaban J connectivity index is 2.61. The van der Waals surface area contributed by atoms with Crippen molar-refractivity contribution in [3.8, 4) is 0 Å². The van der Waals surface area contributed by atoms with Crippen molar-refractivity contribution in [2.24, 2.45) is 0 Å². The summed E-state index contributed by atoms with van der Waals surface area (Å²) in [6.07, 6.45) is -9.01. The highest BCUT2D eigenvalue weighted by molar-refractivity contribution is 4.92. The topological polar surface area (TPSA) is 131 Å². The van der Waals surface area contributed by atoms with E-state index < -0.39 is 43.4 Å². The first-order valence-corrected chi connectivity index (χ1v) is 4.15. The molecule has 14 heavy (non-hydrogen) atoms. The van der Waals surface area contributed by atoms with Crippen LogP contribution in [-0.4, -0.2) is 74.1 Å². The molecule has 7 heteroatoms. The number of hydrogen-bond acceptors (Lipinski definition) is 7. The van der Waals surface area contributed by atoms with Crippen molar-refractivity contribution in [2.45, 2.75) is 36.8 Å². The van der Waals surface area contributed by atoms with E-state index in [1.54, 1.807) is 0 Å². The molecule has 1 aliphatic heterocycles. The zero-order valence-electron chi connectivity index (χ0n) is 7.26. The smallest absolute Gasteiger partial charge is 0.184 e. The normalized spacial score (nSPS) is 42.4. The number of ether oxygens (including phenoxy) is 1. The van der Waals surface area contributed by atoms with Crippen molar-refractivity contribution >= 4 is 0 Å². The molecular weight excluding hydrogens is 196 g/mol. The Morgan fingerprint density at radius 1 is 1.07 bits per heavy atom. The summed E-state index contributed by atoms with van der Waals surface area (Å²) in [7, 11) is 0. The highest BCUT2D eigenvalue weighted by Gasteiger charge is 2.46. The van der Waals surface area contributed by atoms with Crippen LogP contribution in [0.2, 0.25) is 0 Å². The van der Waals surface area contributed by atoms with Crippen LogP contribution in [0.1, 0.15) is 0 Å². The predicted molar refractivity (Wildman–Crippen MR) is 42.0 cm³/mol. The molecular formula is C7H14O7. The van der Waals surface area contributed by atoms with E-state index >= 15 is 0 Å². The molecule has 1 heterocycles. The van der Waals surface area contributed by atoms with Gasteiger partial charge in [0.15, 0.2) is 6.29 Å². The van der Waals surface area contributed by atoms with Crippen LogP contribution in [0, 0.1) is 0 Å². The van der Waals surface area contributed by atoms with E-state index in [0.29, 0.717) is 0 Å². The third-order valence-electron chi connectivity index (χ3n) is 2.19. The number of hydrogen-bond donors (Lipinski definition) is 6. The third kappa shape index (κ3) is 2.04. The molecule has 0 amide bonds. The molecule has 1 rings (SSSR count). The van der Waals surface area contributed by atoms with Crippen molar-refractivity contribution in [1.82, 2.24) is 0 Å². The molecule has 0 radical (unpaired) electrons. The second kappa shape index (κ2) is 4.49. The van der Waals surface area contributed by atoms with Gasteiger partial charge >= 0.3 is 0 Å². The molecule has 0 aromatic rings. The van der Waals surface area contributed by atoms with Crippen LogP contribution in [0.3, 0.4) is 0 Å². The molecule has 0 aliphatic carbocycles. The minimum atomic E-state index is -1.60. The van der Waals surface area contributed by atoms with Crippen molar-refractivity contribution in [3.05, 3.63) is 0 Å². The maximum atomic E-state index is 9.31. The Bertz CT molecular complexity index is 187. The van der Waals surface area contributed by atoms with Gasteiger partial charge in [0.1, 0.15) is 30.5 Å². The lowest BCUT2D eigenvalue weighted by Gasteiger charge is -2.23. The van der Waals surface area contributed by atoms with Gasteiger partial charge in [-0.1, -0.05) is 0 Å². The Hall–Kier alpha value is -0.280. The van der Waals surface area contributed by atoms with E-state index in [9.17, 15) is 10.2 Å². The van der Waals surface area contributed by atoms with E-state index in [2.05, 4.69) is 4.74 Å². The van der Waals surface area contributed by atoms with E-state index in [0.717, 1.165) is 0 Å². The molecule has 0 bridgehead atoms. The monoisotopic (exact) mass is 210 g/mol. The van der Waals surface area contributed by atoms with Crippen LogP contribution in [0.15, 0.2) is 0 Å². The van der Waals surface area contributed by atoms with Crippen LogP contribution in [-0.2, 0) is 4.74 Å². The van der Waals surface area contributed by atoms with Crippen LogP contribution in [0.5, 0.6) is 0 Å². The number of aliphatic hydroxyl groups is 6. The van der Waals surface area contributed by atoms with Crippen LogP contribution < -0.4 is 0 Å². The van der Waals surface area contributed by atoms with Crippen molar-refractivity contribution in [2.75, 3.05) is 6.61 Å². The summed E-state index contributed by atoms with van der Waals surface area (Å²) >= 11 is 0. The fraction of sp³-hybridized carbons (Fsp3) is 1.00. The van der Waals surface area contributed by atoms with Gasteiger partial charge < -0.3 is 35.4 Å². The molecule has 1 fully saturated rings. The van der Waals surface area contributed by atoms with E-state index in [1.807, 2.05) is 0 Å². The molecule has 0 aromatic heterocycles. The largest absolute Gasteiger partial charge is 0.394 e. The zero-order chi connectivity index (χ0) is 10.9. The standard InChI is InChI=1S/C7H14O7/c8-1-2(9)3(10)6-4(11)5(12)7(13)14-6/h2-13H,1H2/t2-,3+,4-,5+,6-,7?/m0/s1. The molecule has 0 saturated carbocycles. The summed E-state index contributed by atoms with van der Waals surface area (Å²) in [5, 5.41) is 54.1. The van der Waals surface area contributed by atoms with Gasteiger partial charge in [0.2, 0.25) is 0 Å². The minimum Gasteiger partial charge on any atom is -0.394 e. The molecule has 0 aromatic carbocycles. The minimum absolute atomic E-state index is 0.708. The lowest BCUT2D eigenvalue weighted by atomic mass is 10.0. The average molecular weight is 210 g/mol. The summed E-state index contributed by atoms with van der Waals surface area (Å²) in [4.78, 5) is 0. The highest BCUT2D eigenvalue weighted by Crippen LogP contribution is 2.23. The number of aliphatic hydroxyl groups excluding tert-OH is 6. The maximum absolute atomic E-state index is 9.31. The Morgan fingerprint density at radius 2 is 1.64 bits per heavy atom. The molecule has 1 unspecified atom stereocenters. The van der Waals surface area contributed by atoms with Crippen molar-refractivity contribution in [3.63, 3.8) is 0 Å². The van der Waals surface area contributed by atoms with Crippen LogP contribution >= 0.6 is 0 Å². The first kappa shape index (κ1) is 11.8. The molecule has 7 nitrogen and oxygen atoms in total. The summed E-state index contributed by atoms with van der Waals surface area (Å²) in [5.41, 5.74) is 0. The molecule has 84 valence electrons. The second-order valence-corrected chi connectivity index (χ2v) is 3.21. The van der Waals surface area contributed by atoms with Gasteiger partial charge in [-0.15, -0.1) is 0 Å². The molecule has 6 N–H and O–H groups in total. The van der Waals surface area contributed by atoms with Gasteiger partial charge in [0.25, 0.3) is 0 Å². The first-order chi connectivity index (χ1) is 6.49. The SMILES string of the molecule is OC[C@H](O)[C@@H](O)[C@@H]1OC(O)[C@H](O)[C@@H]1O. The predicted octanol–water partition coefficient (Wildman–Crippen LogP) is -3.86.